The summed E-state index contributed by atoms with van der Waals surface area (Å²) >= 11 is 0. The third-order valence-electron chi connectivity index (χ3n) is 2.65. The lowest BCUT2D eigenvalue weighted by Gasteiger charge is -2.07. The fourth-order valence-electron chi connectivity index (χ4n) is 1.51. The summed E-state index contributed by atoms with van der Waals surface area (Å²) in [5.41, 5.74) is 1.04. The van der Waals surface area contributed by atoms with Crippen molar-refractivity contribution >= 4 is 11.9 Å². The van der Waals surface area contributed by atoms with Crippen molar-refractivity contribution in [1.82, 2.24) is 15.1 Å². The lowest BCUT2D eigenvalue weighted by molar-refractivity contribution is -0.138. The average molecular weight is 253 g/mol. The van der Waals surface area contributed by atoms with Crippen molar-refractivity contribution in [3.05, 3.63) is 17.5 Å². The van der Waals surface area contributed by atoms with Crippen LogP contribution < -0.4 is 5.32 Å². The topological polar surface area (TPSA) is 84.2 Å². The molecule has 0 aliphatic rings. The Balaban J connectivity index is 2.73. The summed E-state index contributed by atoms with van der Waals surface area (Å²) in [5, 5.41) is 15.4. The van der Waals surface area contributed by atoms with Crippen LogP contribution in [0.3, 0.4) is 0 Å². The number of carboxylic acids is 1. The summed E-state index contributed by atoms with van der Waals surface area (Å²) in [4.78, 5) is 22.5. The summed E-state index contributed by atoms with van der Waals surface area (Å²) < 4.78 is 1.72. The van der Waals surface area contributed by atoms with Gasteiger partial charge in [0.05, 0.1) is 11.3 Å². The van der Waals surface area contributed by atoms with Crippen LogP contribution in [0.2, 0.25) is 0 Å². The molecule has 0 bridgehead atoms. The van der Waals surface area contributed by atoms with Crippen LogP contribution in [0.5, 0.6) is 0 Å². The molecule has 1 unspecified atom stereocenters. The molecule has 18 heavy (non-hydrogen) atoms. The number of unbranched alkanes of at least 4 members (excludes halogenated alkanes) is 1. The molecule has 1 aromatic heterocycles. The highest BCUT2D eigenvalue weighted by atomic mass is 16.4. The number of nitrogens with zero attached hydrogens (tertiary/aromatic N) is 2. The zero-order valence-corrected chi connectivity index (χ0v) is 10.9. The van der Waals surface area contributed by atoms with Crippen molar-refractivity contribution in [2.45, 2.75) is 46.2 Å². The first kappa shape index (κ1) is 14.2. The Morgan fingerprint density at radius 3 is 2.78 bits per heavy atom. The Labute approximate surface area is 106 Å². The van der Waals surface area contributed by atoms with Gasteiger partial charge in [0.15, 0.2) is 0 Å². The van der Waals surface area contributed by atoms with Crippen molar-refractivity contribution in [2.75, 3.05) is 0 Å². The van der Waals surface area contributed by atoms with Gasteiger partial charge in [-0.1, -0.05) is 13.3 Å². The van der Waals surface area contributed by atoms with Gasteiger partial charge in [-0.2, -0.15) is 5.10 Å². The van der Waals surface area contributed by atoms with E-state index in [1.807, 2.05) is 0 Å². The summed E-state index contributed by atoms with van der Waals surface area (Å²) in [6, 6.07) is -0.907. The molecule has 1 rings (SSSR count). The van der Waals surface area contributed by atoms with E-state index in [0.717, 1.165) is 19.4 Å². The smallest absolute Gasteiger partial charge is 0.325 e. The maximum Gasteiger partial charge on any atom is 0.325 e. The van der Waals surface area contributed by atoms with Crippen LogP contribution in [-0.2, 0) is 11.3 Å². The van der Waals surface area contributed by atoms with E-state index < -0.39 is 17.9 Å². The summed E-state index contributed by atoms with van der Waals surface area (Å²) in [5.74, 6) is -1.45. The summed E-state index contributed by atoms with van der Waals surface area (Å²) in [7, 11) is 0. The van der Waals surface area contributed by atoms with E-state index in [1.54, 1.807) is 17.8 Å². The van der Waals surface area contributed by atoms with Gasteiger partial charge in [0.2, 0.25) is 0 Å². The predicted octanol–water partition coefficient (Wildman–Crippen LogP) is 1.19. The molecule has 1 atom stereocenters. The Bertz CT molecular complexity index is 440. The molecule has 0 saturated heterocycles. The zero-order valence-electron chi connectivity index (χ0n) is 10.9. The number of carboxylic acid groups (broad SMARTS) is 1. The van der Waals surface area contributed by atoms with Gasteiger partial charge < -0.3 is 10.4 Å². The molecule has 6 heteroatoms. The molecule has 1 amide bonds. The van der Waals surface area contributed by atoms with Gasteiger partial charge in [0.25, 0.3) is 5.91 Å². The first-order valence-corrected chi connectivity index (χ1v) is 6.03. The highest BCUT2D eigenvalue weighted by molar-refractivity contribution is 5.97. The highest BCUT2D eigenvalue weighted by Crippen LogP contribution is 2.07. The van der Waals surface area contributed by atoms with E-state index in [1.165, 1.54) is 6.92 Å². The molecule has 1 heterocycles. The lowest BCUT2D eigenvalue weighted by atomic mass is 10.2. The fourth-order valence-corrected chi connectivity index (χ4v) is 1.51. The van der Waals surface area contributed by atoms with Gasteiger partial charge in [0.1, 0.15) is 6.04 Å². The molecule has 1 aromatic rings. The van der Waals surface area contributed by atoms with E-state index in [-0.39, 0.29) is 0 Å². The number of amides is 1. The zero-order chi connectivity index (χ0) is 13.7. The molecule has 100 valence electrons. The van der Waals surface area contributed by atoms with Crippen LogP contribution in [0.15, 0.2) is 6.20 Å². The number of aromatic nitrogens is 2. The number of carbonyl (C=O) groups excluding carboxylic acids is 1. The van der Waals surface area contributed by atoms with E-state index >= 15 is 0 Å². The summed E-state index contributed by atoms with van der Waals surface area (Å²) in [6.45, 7) is 6.01. The van der Waals surface area contributed by atoms with E-state index in [0.29, 0.717) is 11.3 Å². The predicted molar refractivity (Wildman–Crippen MR) is 66.4 cm³/mol. The Morgan fingerprint density at radius 2 is 2.22 bits per heavy atom. The molecule has 0 aliphatic heterocycles. The van der Waals surface area contributed by atoms with Crippen LogP contribution in [0, 0.1) is 6.92 Å². The van der Waals surface area contributed by atoms with Gasteiger partial charge in [-0.05, 0) is 20.3 Å². The number of carbonyl (C=O) groups is 2. The number of hydrogen-bond acceptors (Lipinski definition) is 3. The summed E-state index contributed by atoms with van der Waals surface area (Å²) in [6.07, 6.45) is 3.71. The fraction of sp³-hybridized carbons (Fsp3) is 0.583. The molecule has 0 radical (unpaired) electrons. The van der Waals surface area contributed by atoms with Gasteiger partial charge in [-0.25, -0.2) is 0 Å². The number of hydrogen-bond donors (Lipinski definition) is 2. The monoisotopic (exact) mass is 253 g/mol. The molecule has 6 nitrogen and oxygen atoms in total. The largest absolute Gasteiger partial charge is 0.480 e. The van der Waals surface area contributed by atoms with Crippen molar-refractivity contribution in [1.29, 1.82) is 0 Å². The molecule has 0 aliphatic carbocycles. The van der Waals surface area contributed by atoms with Crippen molar-refractivity contribution in [3.63, 3.8) is 0 Å². The molecule has 0 fully saturated rings. The van der Waals surface area contributed by atoms with Gasteiger partial charge in [-0.3, -0.25) is 14.3 Å². The van der Waals surface area contributed by atoms with E-state index in [2.05, 4.69) is 17.3 Å². The van der Waals surface area contributed by atoms with Gasteiger partial charge in [-0.15, -0.1) is 0 Å². The quantitative estimate of drug-likeness (QED) is 0.797. The molecule has 0 spiro atoms. The molecular formula is C12H19N3O3. The van der Waals surface area contributed by atoms with Gasteiger partial charge >= 0.3 is 5.97 Å². The molecular weight excluding hydrogens is 234 g/mol. The second-order valence-corrected chi connectivity index (χ2v) is 4.28. The number of aryl methyl sites for hydroxylation is 2. The van der Waals surface area contributed by atoms with Crippen LogP contribution in [-0.4, -0.2) is 32.8 Å². The van der Waals surface area contributed by atoms with Crippen LogP contribution in [0.25, 0.3) is 0 Å². The lowest BCUT2D eigenvalue weighted by Crippen LogP contribution is -2.38. The van der Waals surface area contributed by atoms with Crippen LogP contribution in [0.4, 0.5) is 0 Å². The van der Waals surface area contributed by atoms with Crippen LogP contribution >= 0.6 is 0 Å². The SMILES string of the molecule is CCCCn1cc(C(=O)NC(C)C(=O)O)c(C)n1. The Hall–Kier alpha value is -1.85. The standard InChI is InChI=1S/C12H19N3O3/c1-4-5-6-15-7-10(8(2)14-15)11(16)13-9(3)12(17)18/h7,9H,4-6H2,1-3H3,(H,13,16)(H,17,18). The minimum Gasteiger partial charge on any atom is -0.480 e. The van der Waals surface area contributed by atoms with Gasteiger partial charge in [0, 0.05) is 12.7 Å². The Kier molecular flexibility index (Phi) is 4.88. The number of nitrogens with one attached hydrogen (secondary N) is 1. The minimum absolute atomic E-state index is 0.398. The second kappa shape index (κ2) is 6.18. The third-order valence-corrected chi connectivity index (χ3v) is 2.65. The first-order valence-electron chi connectivity index (χ1n) is 6.03. The molecule has 2 N–H and O–H groups in total. The van der Waals surface area contributed by atoms with Crippen LogP contribution in [0.1, 0.15) is 42.7 Å². The van der Waals surface area contributed by atoms with E-state index in [4.69, 9.17) is 5.11 Å². The normalized spacial score (nSPS) is 12.2. The van der Waals surface area contributed by atoms with Crippen molar-refractivity contribution in [3.8, 4) is 0 Å². The highest BCUT2D eigenvalue weighted by Gasteiger charge is 2.18. The van der Waals surface area contributed by atoms with Crippen molar-refractivity contribution in [2.24, 2.45) is 0 Å². The Morgan fingerprint density at radius 1 is 1.56 bits per heavy atom. The van der Waals surface area contributed by atoms with Crippen molar-refractivity contribution < 1.29 is 14.7 Å². The second-order valence-electron chi connectivity index (χ2n) is 4.28. The minimum atomic E-state index is -1.06. The molecule has 0 aromatic carbocycles. The number of aliphatic carboxylic acids is 1. The molecule has 0 saturated carbocycles. The number of rotatable bonds is 6. The maximum atomic E-state index is 11.8. The first-order chi connectivity index (χ1) is 8.45. The maximum absolute atomic E-state index is 11.8. The average Bonchev–Trinajstić information content (AvgIpc) is 2.67. The third kappa shape index (κ3) is 3.58. The van der Waals surface area contributed by atoms with E-state index in [9.17, 15) is 9.59 Å².